The van der Waals surface area contributed by atoms with E-state index in [1.807, 2.05) is 20.8 Å². The van der Waals surface area contributed by atoms with Gasteiger partial charge in [0.2, 0.25) is 0 Å². The molecule has 2 rings (SSSR count). The first-order valence-corrected chi connectivity index (χ1v) is 8.43. The molecule has 8 heteroatoms. The SMILES string of the molecule is CC(C)C(C)(CN)NC(=O)c1csc(Cc2ccc(F)cc2)n1.Cl.Cl. The zero-order valence-corrected chi connectivity index (χ0v) is 16.9. The second kappa shape index (κ2) is 10.1. The first-order chi connectivity index (χ1) is 10.8. The normalized spacial score (nSPS) is 12.7. The molecule has 140 valence electrons. The third kappa shape index (κ3) is 6.22. The van der Waals surface area contributed by atoms with Crippen molar-refractivity contribution in [3.63, 3.8) is 0 Å². The number of nitrogens with zero attached hydrogens (tertiary/aromatic N) is 1. The van der Waals surface area contributed by atoms with Gasteiger partial charge in [0.05, 0.1) is 10.5 Å². The van der Waals surface area contributed by atoms with Crippen molar-refractivity contribution >= 4 is 42.1 Å². The predicted molar refractivity (Wildman–Crippen MR) is 106 cm³/mol. The van der Waals surface area contributed by atoms with Crippen LogP contribution in [0.5, 0.6) is 0 Å². The van der Waals surface area contributed by atoms with Crippen LogP contribution in [-0.4, -0.2) is 23.0 Å². The number of hydrogen-bond acceptors (Lipinski definition) is 4. The van der Waals surface area contributed by atoms with Gasteiger partial charge >= 0.3 is 0 Å². The van der Waals surface area contributed by atoms with E-state index in [1.54, 1.807) is 17.5 Å². The molecule has 0 radical (unpaired) electrons. The Hall–Kier alpha value is -1.21. The number of halogens is 3. The van der Waals surface area contributed by atoms with Crippen LogP contribution in [0.1, 0.15) is 41.8 Å². The largest absolute Gasteiger partial charge is 0.344 e. The maximum atomic E-state index is 12.9. The molecule has 0 bridgehead atoms. The number of carbonyl (C=O) groups excluding carboxylic acids is 1. The topological polar surface area (TPSA) is 68.0 Å². The smallest absolute Gasteiger partial charge is 0.271 e. The summed E-state index contributed by atoms with van der Waals surface area (Å²) < 4.78 is 12.9. The van der Waals surface area contributed by atoms with E-state index in [1.165, 1.54) is 23.5 Å². The number of thiazole rings is 1. The number of nitrogens with two attached hydrogens (primary N) is 1. The van der Waals surface area contributed by atoms with Crippen molar-refractivity contribution in [1.29, 1.82) is 0 Å². The molecule has 1 amide bonds. The van der Waals surface area contributed by atoms with Gasteiger partial charge in [-0.1, -0.05) is 26.0 Å². The summed E-state index contributed by atoms with van der Waals surface area (Å²) in [6.07, 6.45) is 0.580. The molecule has 2 aromatic rings. The van der Waals surface area contributed by atoms with Crippen LogP contribution in [0.25, 0.3) is 0 Å². The third-order valence-corrected chi connectivity index (χ3v) is 5.00. The highest BCUT2D eigenvalue weighted by Crippen LogP contribution is 2.18. The Kier molecular flexibility index (Phi) is 9.58. The summed E-state index contributed by atoms with van der Waals surface area (Å²) in [5, 5.41) is 5.54. The van der Waals surface area contributed by atoms with Gasteiger partial charge in [-0.3, -0.25) is 4.79 Å². The van der Waals surface area contributed by atoms with E-state index in [4.69, 9.17) is 5.73 Å². The maximum absolute atomic E-state index is 12.9. The number of nitrogens with one attached hydrogen (secondary N) is 1. The molecule has 4 nitrogen and oxygen atoms in total. The van der Waals surface area contributed by atoms with E-state index in [0.717, 1.165) is 10.6 Å². The number of aromatic nitrogens is 1. The monoisotopic (exact) mass is 407 g/mol. The summed E-state index contributed by atoms with van der Waals surface area (Å²) >= 11 is 1.42. The minimum atomic E-state index is -0.460. The zero-order valence-electron chi connectivity index (χ0n) is 14.4. The fourth-order valence-corrected chi connectivity index (χ4v) is 2.84. The van der Waals surface area contributed by atoms with Crippen LogP contribution in [0.2, 0.25) is 0 Å². The first kappa shape index (κ1) is 23.8. The van der Waals surface area contributed by atoms with Gasteiger partial charge in [0.25, 0.3) is 5.91 Å². The molecule has 0 saturated heterocycles. The molecule has 25 heavy (non-hydrogen) atoms. The summed E-state index contributed by atoms with van der Waals surface area (Å²) in [6, 6.07) is 6.29. The second-order valence-electron chi connectivity index (χ2n) is 6.16. The first-order valence-electron chi connectivity index (χ1n) is 7.55. The highest BCUT2D eigenvalue weighted by Gasteiger charge is 2.29. The fraction of sp³-hybridized carbons (Fsp3) is 0.412. The van der Waals surface area contributed by atoms with E-state index < -0.39 is 5.54 Å². The molecule has 1 aromatic carbocycles. The molecule has 0 fully saturated rings. The fourth-order valence-electron chi connectivity index (χ4n) is 2.03. The van der Waals surface area contributed by atoms with Crippen LogP contribution in [0.15, 0.2) is 29.6 Å². The van der Waals surface area contributed by atoms with Crippen LogP contribution >= 0.6 is 36.2 Å². The van der Waals surface area contributed by atoms with Crippen molar-refractivity contribution in [2.24, 2.45) is 11.7 Å². The summed E-state index contributed by atoms with van der Waals surface area (Å²) in [5.41, 5.74) is 6.69. The minimum absolute atomic E-state index is 0. The summed E-state index contributed by atoms with van der Waals surface area (Å²) in [5.74, 6) is -0.260. The van der Waals surface area contributed by atoms with Crippen molar-refractivity contribution < 1.29 is 9.18 Å². The molecule has 3 N–H and O–H groups in total. The van der Waals surface area contributed by atoms with Gasteiger partial charge in [-0.2, -0.15) is 0 Å². The van der Waals surface area contributed by atoms with E-state index in [-0.39, 0.29) is 42.5 Å². The highest BCUT2D eigenvalue weighted by molar-refractivity contribution is 7.09. The second-order valence-corrected chi connectivity index (χ2v) is 7.10. The van der Waals surface area contributed by atoms with Crippen molar-refractivity contribution in [3.05, 3.63) is 51.7 Å². The number of benzene rings is 1. The lowest BCUT2D eigenvalue weighted by Crippen LogP contribution is -2.55. The molecule has 1 heterocycles. The third-order valence-electron chi connectivity index (χ3n) is 4.15. The van der Waals surface area contributed by atoms with Gasteiger partial charge < -0.3 is 11.1 Å². The van der Waals surface area contributed by atoms with Gasteiger partial charge in [-0.05, 0) is 30.5 Å². The Morgan fingerprint density at radius 2 is 1.92 bits per heavy atom. The average Bonchev–Trinajstić information content (AvgIpc) is 2.98. The quantitative estimate of drug-likeness (QED) is 0.764. The average molecular weight is 408 g/mol. The number of hydrogen-bond donors (Lipinski definition) is 2. The van der Waals surface area contributed by atoms with Crippen molar-refractivity contribution in [2.45, 2.75) is 32.7 Å². The molecule has 0 spiro atoms. The number of amides is 1. The molecule has 0 aliphatic rings. The number of rotatable bonds is 6. The lowest BCUT2D eigenvalue weighted by molar-refractivity contribution is 0.0878. The molecular weight excluding hydrogens is 384 g/mol. The standard InChI is InChI=1S/C17H22FN3OS.2ClH/c1-11(2)17(3,10-19)21-16(22)14-9-23-15(20-14)8-12-4-6-13(18)7-5-12;;/h4-7,9,11H,8,10,19H2,1-3H3,(H,21,22);2*1H. The molecule has 1 atom stereocenters. The van der Waals surface area contributed by atoms with Gasteiger partial charge in [-0.15, -0.1) is 36.2 Å². The van der Waals surface area contributed by atoms with Crippen molar-refractivity contribution in [1.82, 2.24) is 10.3 Å². The van der Waals surface area contributed by atoms with Gasteiger partial charge in [-0.25, -0.2) is 9.37 Å². The number of carbonyl (C=O) groups is 1. The maximum Gasteiger partial charge on any atom is 0.271 e. The Labute approximate surface area is 164 Å². The molecule has 0 saturated carbocycles. The van der Waals surface area contributed by atoms with Crippen molar-refractivity contribution in [3.8, 4) is 0 Å². The van der Waals surface area contributed by atoms with E-state index in [2.05, 4.69) is 10.3 Å². The summed E-state index contributed by atoms with van der Waals surface area (Å²) in [7, 11) is 0. The molecule has 1 unspecified atom stereocenters. The van der Waals surface area contributed by atoms with Crippen LogP contribution in [0, 0.1) is 11.7 Å². The Balaban J connectivity index is 0.00000288. The minimum Gasteiger partial charge on any atom is -0.344 e. The van der Waals surface area contributed by atoms with Gasteiger partial charge in [0.1, 0.15) is 11.5 Å². The molecule has 0 aliphatic heterocycles. The molecular formula is C17H24Cl2FN3OS. The Morgan fingerprint density at radius 3 is 2.44 bits per heavy atom. The Bertz CT molecular complexity index is 679. The molecule has 1 aromatic heterocycles. The van der Waals surface area contributed by atoms with Gasteiger partial charge in [0, 0.05) is 18.3 Å². The van der Waals surface area contributed by atoms with E-state index in [9.17, 15) is 9.18 Å². The molecule has 0 aliphatic carbocycles. The Morgan fingerprint density at radius 1 is 1.32 bits per heavy atom. The van der Waals surface area contributed by atoms with E-state index >= 15 is 0 Å². The lowest BCUT2D eigenvalue weighted by atomic mass is 9.88. The zero-order chi connectivity index (χ0) is 17.0. The highest BCUT2D eigenvalue weighted by atomic mass is 35.5. The lowest BCUT2D eigenvalue weighted by Gasteiger charge is -2.33. The van der Waals surface area contributed by atoms with E-state index in [0.29, 0.717) is 18.7 Å². The van der Waals surface area contributed by atoms with Crippen molar-refractivity contribution in [2.75, 3.05) is 6.54 Å². The summed E-state index contributed by atoms with van der Waals surface area (Å²) in [4.78, 5) is 16.7. The summed E-state index contributed by atoms with van der Waals surface area (Å²) in [6.45, 7) is 6.34. The predicted octanol–water partition coefficient (Wildman–Crippen LogP) is 3.82. The van der Waals surface area contributed by atoms with Crippen LogP contribution in [0.4, 0.5) is 4.39 Å². The van der Waals surface area contributed by atoms with Crippen LogP contribution < -0.4 is 11.1 Å². The van der Waals surface area contributed by atoms with Crippen LogP contribution in [0.3, 0.4) is 0 Å². The van der Waals surface area contributed by atoms with Gasteiger partial charge in [0.15, 0.2) is 0 Å². The van der Waals surface area contributed by atoms with Crippen LogP contribution in [-0.2, 0) is 6.42 Å².